The monoisotopic (exact) mass is 427 g/mol. The zero-order valence-corrected chi connectivity index (χ0v) is 17.7. The number of esters is 1. The van der Waals surface area contributed by atoms with Gasteiger partial charge in [0.05, 0.1) is 24.1 Å². The third-order valence-corrected chi connectivity index (χ3v) is 4.97. The van der Waals surface area contributed by atoms with E-state index < -0.39 is 0 Å². The van der Waals surface area contributed by atoms with Gasteiger partial charge in [0.2, 0.25) is 11.8 Å². The lowest BCUT2D eigenvalue weighted by atomic mass is 10.1. The highest BCUT2D eigenvalue weighted by atomic mass is 16.5. The molecular formula is C24H21N5O3. The summed E-state index contributed by atoms with van der Waals surface area (Å²) >= 11 is 0. The quantitative estimate of drug-likeness (QED) is 0.450. The van der Waals surface area contributed by atoms with E-state index in [9.17, 15) is 10.1 Å². The van der Waals surface area contributed by atoms with E-state index in [-0.39, 0.29) is 5.97 Å². The molecule has 0 saturated carbocycles. The standard InChI is InChI=1S/C24H21N5O3/c1-15-14-27-24(26-12-11-16-7-9-17(10-8-16)23(30)31-2)29-21(15)18(13-25)22-28-19-5-3-4-6-20(19)32-22/h3-10,14,28H,11-12H2,1-2H3,(H,26,27,29). The first-order valence-electron chi connectivity index (χ1n) is 10.0. The van der Waals surface area contributed by atoms with Gasteiger partial charge < -0.3 is 20.1 Å². The zero-order valence-electron chi connectivity index (χ0n) is 17.7. The first-order valence-corrected chi connectivity index (χ1v) is 10.0. The number of para-hydroxylation sites is 2. The number of carbonyl (C=O) groups is 1. The Bertz CT molecular complexity index is 1200. The van der Waals surface area contributed by atoms with E-state index in [1.165, 1.54) is 7.11 Å². The van der Waals surface area contributed by atoms with Gasteiger partial charge in [-0.3, -0.25) is 0 Å². The summed E-state index contributed by atoms with van der Waals surface area (Å²) in [5, 5.41) is 16.1. The molecule has 0 fully saturated rings. The minimum absolute atomic E-state index is 0.308. The smallest absolute Gasteiger partial charge is 0.337 e. The highest BCUT2D eigenvalue weighted by molar-refractivity contribution is 5.89. The van der Waals surface area contributed by atoms with Gasteiger partial charge in [-0.25, -0.2) is 14.8 Å². The van der Waals surface area contributed by atoms with Crippen LogP contribution < -0.4 is 15.4 Å². The third kappa shape index (κ3) is 4.37. The van der Waals surface area contributed by atoms with Crippen molar-refractivity contribution in [3.63, 3.8) is 0 Å². The van der Waals surface area contributed by atoms with E-state index in [4.69, 9.17) is 9.47 Å². The average molecular weight is 427 g/mol. The molecule has 8 nitrogen and oxygen atoms in total. The predicted octanol–water partition coefficient (Wildman–Crippen LogP) is 3.92. The highest BCUT2D eigenvalue weighted by Crippen LogP contribution is 2.35. The molecule has 160 valence electrons. The number of anilines is 2. The van der Waals surface area contributed by atoms with Gasteiger partial charge in [-0.05, 0) is 48.7 Å². The number of carbonyl (C=O) groups excluding carboxylic acids is 1. The van der Waals surface area contributed by atoms with Crippen LogP contribution in [-0.4, -0.2) is 29.6 Å². The van der Waals surface area contributed by atoms with Gasteiger partial charge in [0, 0.05) is 12.7 Å². The number of fused-ring (bicyclic) bond motifs is 1. The van der Waals surface area contributed by atoms with Gasteiger partial charge in [0.25, 0.3) is 0 Å². The summed E-state index contributed by atoms with van der Waals surface area (Å²) in [5.74, 6) is 1.08. The Labute approximate surface area is 185 Å². The summed E-state index contributed by atoms with van der Waals surface area (Å²) in [6.07, 6.45) is 2.38. The van der Waals surface area contributed by atoms with E-state index in [1.54, 1.807) is 18.3 Å². The van der Waals surface area contributed by atoms with Crippen molar-refractivity contribution in [1.29, 1.82) is 5.26 Å². The van der Waals surface area contributed by atoms with E-state index in [1.807, 2.05) is 43.3 Å². The first-order chi connectivity index (χ1) is 15.6. The maximum Gasteiger partial charge on any atom is 0.337 e. The molecule has 1 aliphatic heterocycles. The van der Waals surface area contributed by atoms with Crippen molar-refractivity contribution in [2.24, 2.45) is 0 Å². The van der Waals surface area contributed by atoms with Gasteiger partial charge in [-0.2, -0.15) is 5.26 Å². The minimum atomic E-state index is -0.360. The largest absolute Gasteiger partial charge is 0.465 e. The molecule has 0 radical (unpaired) electrons. The number of aryl methyl sites for hydroxylation is 1. The third-order valence-electron chi connectivity index (χ3n) is 4.97. The van der Waals surface area contributed by atoms with Crippen LogP contribution in [-0.2, 0) is 11.2 Å². The van der Waals surface area contributed by atoms with E-state index in [2.05, 4.69) is 26.7 Å². The highest BCUT2D eigenvalue weighted by Gasteiger charge is 2.23. The van der Waals surface area contributed by atoms with Crippen LogP contribution in [0.3, 0.4) is 0 Å². The lowest BCUT2D eigenvalue weighted by Crippen LogP contribution is -2.11. The maximum absolute atomic E-state index is 11.5. The van der Waals surface area contributed by atoms with Crippen molar-refractivity contribution in [2.75, 3.05) is 24.3 Å². The number of hydrogen-bond donors (Lipinski definition) is 2. The van der Waals surface area contributed by atoms with Crippen molar-refractivity contribution >= 4 is 23.2 Å². The molecule has 8 heteroatoms. The van der Waals surface area contributed by atoms with Gasteiger partial charge in [-0.15, -0.1) is 0 Å². The first kappa shape index (κ1) is 20.9. The molecule has 3 aromatic rings. The number of ether oxygens (including phenoxy) is 2. The molecule has 0 aliphatic carbocycles. The second-order valence-corrected chi connectivity index (χ2v) is 7.13. The van der Waals surface area contributed by atoms with Crippen molar-refractivity contribution < 1.29 is 14.3 Å². The fourth-order valence-electron chi connectivity index (χ4n) is 3.27. The Hall–Kier alpha value is -4.38. The predicted molar refractivity (Wildman–Crippen MR) is 120 cm³/mol. The second-order valence-electron chi connectivity index (χ2n) is 7.13. The van der Waals surface area contributed by atoms with Crippen molar-refractivity contribution in [3.8, 4) is 11.8 Å². The van der Waals surface area contributed by atoms with Crippen molar-refractivity contribution in [3.05, 3.63) is 83.0 Å². The molecule has 2 heterocycles. The molecule has 0 saturated heterocycles. The Morgan fingerprint density at radius 2 is 2.00 bits per heavy atom. The Morgan fingerprint density at radius 3 is 2.72 bits per heavy atom. The summed E-state index contributed by atoms with van der Waals surface area (Å²) in [6, 6.07) is 16.9. The van der Waals surface area contributed by atoms with E-state index in [0.29, 0.717) is 47.4 Å². The molecule has 0 amide bonds. The molecule has 0 unspecified atom stereocenters. The number of methoxy groups -OCH3 is 1. The van der Waals surface area contributed by atoms with Crippen LogP contribution in [0.15, 0.2) is 60.6 Å². The normalized spacial score (nSPS) is 13.3. The molecule has 32 heavy (non-hydrogen) atoms. The Morgan fingerprint density at radius 1 is 1.22 bits per heavy atom. The molecule has 0 bridgehead atoms. The number of aromatic nitrogens is 2. The summed E-state index contributed by atoms with van der Waals surface area (Å²) in [4.78, 5) is 20.4. The van der Waals surface area contributed by atoms with Gasteiger partial charge in [0.1, 0.15) is 11.6 Å². The Balaban J connectivity index is 1.47. The van der Waals surface area contributed by atoms with E-state index >= 15 is 0 Å². The fraction of sp³-hybridized carbons (Fsp3) is 0.167. The van der Waals surface area contributed by atoms with Crippen LogP contribution in [0, 0.1) is 18.3 Å². The molecule has 1 aliphatic rings. The number of allylic oxidation sites excluding steroid dienone is 1. The van der Waals surface area contributed by atoms with Crippen LogP contribution in [0.1, 0.15) is 27.2 Å². The molecule has 4 rings (SSSR count). The van der Waals surface area contributed by atoms with Crippen LogP contribution in [0.25, 0.3) is 5.57 Å². The van der Waals surface area contributed by atoms with Crippen LogP contribution >= 0.6 is 0 Å². The topological polar surface area (TPSA) is 109 Å². The molecule has 0 atom stereocenters. The molecule has 0 spiro atoms. The average Bonchev–Trinajstić information content (AvgIpc) is 3.25. The summed E-state index contributed by atoms with van der Waals surface area (Å²) in [5.41, 5.74) is 3.94. The Kier molecular flexibility index (Phi) is 5.99. The molecule has 2 aromatic carbocycles. The zero-order chi connectivity index (χ0) is 22.5. The fourth-order valence-corrected chi connectivity index (χ4v) is 3.27. The van der Waals surface area contributed by atoms with Gasteiger partial charge in [-0.1, -0.05) is 24.3 Å². The lowest BCUT2D eigenvalue weighted by Gasteiger charge is -2.10. The number of nitrogens with one attached hydrogen (secondary N) is 2. The van der Waals surface area contributed by atoms with Gasteiger partial charge >= 0.3 is 5.97 Å². The van der Waals surface area contributed by atoms with Gasteiger partial charge in [0.15, 0.2) is 5.75 Å². The van der Waals surface area contributed by atoms with Crippen molar-refractivity contribution in [2.45, 2.75) is 13.3 Å². The summed E-state index contributed by atoms with van der Waals surface area (Å²) in [7, 11) is 1.36. The second kappa shape index (κ2) is 9.18. The number of nitriles is 1. The molecular weight excluding hydrogens is 406 g/mol. The summed E-state index contributed by atoms with van der Waals surface area (Å²) in [6.45, 7) is 2.43. The number of nitrogens with zero attached hydrogens (tertiary/aromatic N) is 3. The minimum Gasteiger partial charge on any atom is -0.465 e. The maximum atomic E-state index is 11.5. The van der Waals surface area contributed by atoms with Crippen LogP contribution in [0.2, 0.25) is 0 Å². The van der Waals surface area contributed by atoms with Crippen LogP contribution in [0.5, 0.6) is 5.75 Å². The molecule has 2 N–H and O–H groups in total. The molecule has 1 aromatic heterocycles. The van der Waals surface area contributed by atoms with Crippen molar-refractivity contribution in [1.82, 2.24) is 9.97 Å². The number of benzene rings is 2. The van der Waals surface area contributed by atoms with E-state index in [0.717, 1.165) is 16.8 Å². The van der Waals surface area contributed by atoms with Crippen LogP contribution in [0.4, 0.5) is 11.6 Å². The summed E-state index contributed by atoms with van der Waals surface area (Å²) < 4.78 is 10.5. The number of hydrogen-bond acceptors (Lipinski definition) is 8. The lowest BCUT2D eigenvalue weighted by molar-refractivity contribution is 0.0600. The SMILES string of the molecule is COC(=O)c1ccc(CCNc2ncc(C)c(C(C#N)=C3Nc4ccccc4O3)n2)cc1. The number of rotatable bonds is 6.